The van der Waals surface area contributed by atoms with Crippen LogP contribution in [0.1, 0.15) is 129 Å². The summed E-state index contributed by atoms with van der Waals surface area (Å²) in [6.45, 7) is 18.6. The Morgan fingerprint density at radius 2 is 1.48 bits per heavy atom. The molecule has 0 aliphatic rings. The lowest BCUT2D eigenvalue weighted by atomic mass is 9.91. The molecule has 2 N–H and O–H groups in total. The minimum Gasteiger partial charge on any atom is -0.444 e. The summed E-state index contributed by atoms with van der Waals surface area (Å²) in [5.74, 6) is -0.564. The van der Waals surface area contributed by atoms with E-state index in [1.807, 2.05) is 45.9 Å². The van der Waals surface area contributed by atoms with Crippen molar-refractivity contribution in [3.63, 3.8) is 0 Å². The Morgan fingerprint density at radius 1 is 0.900 bits per heavy atom. The van der Waals surface area contributed by atoms with Crippen molar-refractivity contribution in [2.24, 2.45) is 5.92 Å². The standard InChI is InChI=1S/C33H57N3O4/c1-10-13-15-16-17-18-23-36(31(38)28(24(4)12-3)35-32(39)40-33(7,8)9)29(30(37)34-22-14-11-2)27-25(5)20-19-21-26(27)6/h19-21,24,28-29H,10-18,22-23H2,1-9H3,(H,34,37)(H,35,39). The number of aryl methyl sites for hydroxylation is 2. The van der Waals surface area contributed by atoms with Gasteiger partial charge in [-0.2, -0.15) is 0 Å². The molecule has 0 aliphatic heterocycles. The molecular weight excluding hydrogens is 502 g/mol. The minimum atomic E-state index is -0.810. The SMILES string of the molecule is CCCCCCCCN(C(=O)C(NC(=O)OC(C)(C)C)C(C)CC)C(C(=O)NCCCC)c1c(C)cccc1C. The van der Waals surface area contributed by atoms with Crippen molar-refractivity contribution in [3.8, 4) is 0 Å². The number of alkyl carbamates (subject to hydrolysis) is 1. The van der Waals surface area contributed by atoms with E-state index in [4.69, 9.17) is 4.74 Å². The molecule has 228 valence electrons. The summed E-state index contributed by atoms with van der Waals surface area (Å²) in [6, 6.07) is 4.37. The second-order valence-corrected chi connectivity index (χ2v) is 12.2. The van der Waals surface area contributed by atoms with Crippen molar-refractivity contribution < 1.29 is 19.1 Å². The maximum Gasteiger partial charge on any atom is 0.408 e. The van der Waals surface area contributed by atoms with Crippen LogP contribution in [0.3, 0.4) is 0 Å². The number of nitrogens with one attached hydrogen (secondary N) is 2. The number of rotatable bonds is 17. The Balaban J connectivity index is 3.53. The molecule has 0 radical (unpaired) electrons. The van der Waals surface area contributed by atoms with E-state index in [1.165, 1.54) is 12.8 Å². The molecule has 7 nitrogen and oxygen atoms in total. The largest absolute Gasteiger partial charge is 0.444 e. The Morgan fingerprint density at radius 3 is 2.02 bits per heavy atom. The molecule has 7 heteroatoms. The first-order valence-electron chi connectivity index (χ1n) is 15.5. The molecule has 0 aliphatic carbocycles. The summed E-state index contributed by atoms with van der Waals surface area (Å²) in [5, 5.41) is 5.96. The van der Waals surface area contributed by atoms with Gasteiger partial charge in [0.2, 0.25) is 11.8 Å². The van der Waals surface area contributed by atoms with Crippen molar-refractivity contribution in [3.05, 3.63) is 34.9 Å². The zero-order valence-electron chi connectivity index (χ0n) is 26.8. The van der Waals surface area contributed by atoms with Gasteiger partial charge in [-0.3, -0.25) is 9.59 Å². The van der Waals surface area contributed by atoms with Crippen molar-refractivity contribution in [1.29, 1.82) is 0 Å². The Kier molecular flexibility index (Phi) is 15.9. The molecule has 0 saturated heterocycles. The lowest BCUT2D eigenvalue weighted by molar-refractivity contribution is -0.143. The molecule has 1 aromatic rings. The number of carbonyl (C=O) groups excluding carboxylic acids is 3. The maximum atomic E-state index is 14.5. The highest BCUT2D eigenvalue weighted by molar-refractivity contribution is 5.92. The van der Waals surface area contributed by atoms with E-state index < -0.39 is 23.8 Å². The fraction of sp³-hybridized carbons (Fsp3) is 0.727. The van der Waals surface area contributed by atoms with Gasteiger partial charge in [-0.05, 0) is 70.1 Å². The molecule has 1 rings (SSSR count). The van der Waals surface area contributed by atoms with Gasteiger partial charge < -0.3 is 20.3 Å². The molecule has 0 fully saturated rings. The van der Waals surface area contributed by atoms with Crippen LogP contribution in [0.5, 0.6) is 0 Å². The van der Waals surface area contributed by atoms with Crippen molar-refractivity contribution >= 4 is 17.9 Å². The molecule has 0 saturated carbocycles. The lowest BCUT2D eigenvalue weighted by Gasteiger charge is -2.37. The zero-order valence-corrected chi connectivity index (χ0v) is 26.8. The zero-order chi connectivity index (χ0) is 30.3. The first-order valence-corrected chi connectivity index (χ1v) is 15.5. The second kappa shape index (κ2) is 18.0. The van der Waals surface area contributed by atoms with Gasteiger partial charge >= 0.3 is 6.09 Å². The molecule has 0 heterocycles. The lowest BCUT2D eigenvalue weighted by Crippen LogP contribution is -2.55. The molecule has 3 unspecified atom stereocenters. The fourth-order valence-corrected chi connectivity index (χ4v) is 4.90. The maximum absolute atomic E-state index is 14.5. The molecule has 0 spiro atoms. The Hall–Kier alpha value is -2.57. The van der Waals surface area contributed by atoms with Gasteiger partial charge in [0.05, 0.1) is 0 Å². The van der Waals surface area contributed by atoms with Gasteiger partial charge in [-0.15, -0.1) is 0 Å². The fourth-order valence-electron chi connectivity index (χ4n) is 4.90. The van der Waals surface area contributed by atoms with Crippen LogP contribution in [0, 0.1) is 19.8 Å². The quantitative estimate of drug-likeness (QED) is 0.195. The first-order chi connectivity index (χ1) is 18.9. The predicted molar refractivity (Wildman–Crippen MR) is 164 cm³/mol. The predicted octanol–water partition coefficient (Wildman–Crippen LogP) is 7.39. The Labute approximate surface area is 244 Å². The highest BCUT2D eigenvalue weighted by atomic mass is 16.6. The van der Waals surface area contributed by atoms with Gasteiger partial charge in [0.1, 0.15) is 17.7 Å². The average Bonchev–Trinajstić information content (AvgIpc) is 2.88. The molecular formula is C33H57N3O4. The van der Waals surface area contributed by atoms with Crippen LogP contribution < -0.4 is 10.6 Å². The second-order valence-electron chi connectivity index (χ2n) is 12.2. The smallest absolute Gasteiger partial charge is 0.408 e. The van der Waals surface area contributed by atoms with Crippen LogP contribution in [0.4, 0.5) is 4.79 Å². The first kappa shape index (κ1) is 35.5. The number of ether oxygens (including phenoxy) is 1. The summed E-state index contributed by atoms with van der Waals surface area (Å²) in [5.41, 5.74) is 2.11. The van der Waals surface area contributed by atoms with E-state index in [0.717, 1.165) is 55.2 Å². The summed E-state index contributed by atoms with van der Waals surface area (Å²) in [6.07, 6.45) is 8.29. The van der Waals surface area contributed by atoms with E-state index in [2.05, 4.69) is 24.5 Å². The highest BCUT2D eigenvalue weighted by Gasteiger charge is 2.38. The van der Waals surface area contributed by atoms with Crippen molar-refractivity contribution in [1.82, 2.24) is 15.5 Å². The Bertz CT molecular complexity index is 905. The van der Waals surface area contributed by atoms with Gasteiger partial charge in [-0.1, -0.05) is 90.8 Å². The third kappa shape index (κ3) is 11.9. The number of nitrogens with zero attached hydrogens (tertiary/aromatic N) is 1. The van der Waals surface area contributed by atoms with Crippen molar-refractivity contribution in [2.75, 3.05) is 13.1 Å². The number of unbranched alkanes of at least 4 members (excludes halogenated alkanes) is 6. The summed E-state index contributed by atoms with van der Waals surface area (Å²) >= 11 is 0. The van der Waals surface area contributed by atoms with Gasteiger partial charge in [0, 0.05) is 13.1 Å². The third-order valence-corrected chi connectivity index (χ3v) is 7.39. The molecule has 0 aromatic heterocycles. The van der Waals surface area contributed by atoms with Crippen LogP contribution in [0.15, 0.2) is 18.2 Å². The number of hydrogen-bond acceptors (Lipinski definition) is 4. The van der Waals surface area contributed by atoms with E-state index in [-0.39, 0.29) is 17.7 Å². The number of carbonyl (C=O) groups is 3. The van der Waals surface area contributed by atoms with E-state index in [9.17, 15) is 14.4 Å². The monoisotopic (exact) mass is 559 g/mol. The molecule has 0 bridgehead atoms. The van der Waals surface area contributed by atoms with Gasteiger partial charge in [0.15, 0.2) is 0 Å². The van der Waals surface area contributed by atoms with Crippen LogP contribution in [0.2, 0.25) is 0 Å². The topological polar surface area (TPSA) is 87.7 Å². The summed E-state index contributed by atoms with van der Waals surface area (Å²) in [7, 11) is 0. The third-order valence-electron chi connectivity index (χ3n) is 7.39. The number of hydrogen-bond donors (Lipinski definition) is 2. The average molecular weight is 560 g/mol. The van der Waals surface area contributed by atoms with Crippen molar-refractivity contribution in [2.45, 2.75) is 138 Å². The molecule has 40 heavy (non-hydrogen) atoms. The van der Waals surface area contributed by atoms with Crippen LogP contribution in [-0.4, -0.2) is 47.5 Å². The van der Waals surface area contributed by atoms with Gasteiger partial charge in [0.25, 0.3) is 0 Å². The van der Waals surface area contributed by atoms with E-state index in [0.29, 0.717) is 19.5 Å². The van der Waals surface area contributed by atoms with Crippen LogP contribution in [-0.2, 0) is 14.3 Å². The summed E-state index contributed by atoms with van der Waals surface area (Å²) in [4.78, 5) is 42.9. The van der Waals surface area contributed by atoms with Gasteiger partial charge in [-0.25, -0.2) is 4.79 Å². The van der Waals surface area contributed by atoms with Crippen LogP contribution >= 0.6 is 0 Å². The summed E-state index contributed by atoms with van der Waals surface area (Å²) < 4.78 is 5.53. The molecule has 1 aromatic carbocycles. The normalized spacial score (nSPS) is 13.7. The number of benzene rings is 1. The number of amides is 3. The minimum absolute atomic E-state index is 0.145. The molecule has 3 amide bonds. The molecule has 3 atom stereocenters. The van der Waals surface area contributed by atoms with Crippen LogP contribution in [0.25, 0.3) is 0 Å². The highest BCUT2D eigenvalue weighted by Crippen LogP contribution is 2.30. The van der Waals surface area contributed by atoms with E-state index >= 15 is 0 Å². The van der Waals surface area contributed by atoms with E-state index in [1.54, 1.807) is 25.7 Å².